The van der Waals surface area contributed by atoms with Crippen LogP contribution < -0.4 is 0 Å². The molecule has 0 saturated carbocycles. The molecule has 1 aromatic rings. The second kappa shape index (κ2) is 6.71. The number of hydrogen-bond donors (Lipinski definition) is 1. The van der Waals surface area contributed by atoms with E-state index in [0.29, 0.717) is 25.0 Å². The lowest BCUT2D eigenvalue weighted by Gasteiger charge is -2.37. The highest BCUT2D eigenvalue weighted by atomic mass is 32.3. The predicted octanol–water partition coefficient (Wildman–Crippen LogP) is -0.170. The summed E-state index contributed by atoms with van der Waals surface area (Å²) < 4.78 is 94.4. The summed E-state index contributed by atoms with van der Waals surface area (Å²) >= 11 is 0. The number of phenols is 1. The van der Waals surface area contributed by atoms with Gasteiger partial charge in [0.2, 0.25) is 0 Å². The van der Waals surface area contributed by atoms with E-state index < -0.39 is 53.9 Å². The van der Waals surface area contributed by atoms with E-state index in [1.54, 1.807) is 0 Å². The van der Waals surface area contributed by atoms with Crippen LogP contribution in [-0.2, 0) is 43.4 Å². The zero-order valence-corrected chi connectivity index (χ0v) is 18.6. The Bertz CT molecular complexity index is 1080. The van der Waals surface area contributed by atoms with Crippen LogP contribution in [0.3, 0.4) is 0 Å². The van der Waals surface area contributed by atoms with Crippen LogP contribution in [0.25, 0.3) is 0 Å². The van der Waals surface area contributed by atoms with Crippen LogP contribution in [0.4, 0.5) is 0 Å². The number of benzene rings is 1. The first kappa shape index (κ1) is 23.9. The zero-order valence-electron chi connectivity index (χ0n) is 15.4. The summed E-state index contributed by atoms with van der Waals surface area (Å²) in [7, 11) is -18.1. The fourth-order valence-electron chi connectivity index (χ4n) is 2.74. The van der Waals surface area contributed by atoms with Crippen molar-refractivity contribution in [1.29, 1.82) is 0 Å². The lowest BCUT2D eigenvalue weighted by Crippen LogP contribution is -2.53. The van der Waals surface area contributed by atoms with Gasteiger partial charge in [0.25, 0.3) is 0 Å². The van der Waals surface area contributed by atoms with Crippen molar-refractivity contribution < 1.29 is 38.8 Å². The van der Waals surface area contributed by atoms with Crippen molar-refractivity contribution in [2.75, 3.05) is 25.0 Å². The van der Waals surface area contributed by atoms with Crippen molar-refractivity contribution in [3.63, 3.8) is 0 Å². The van der Waals surface area contributed by atoms with Gasteiger partial charge in [0, 0.05) is 31.4 Å². The van der Waals surface area contributed by atoms with Crippen LogP contribution >= 0.6 is 0 Å². The fourth-order valence-corrected chi connectivity index (χ4v) is 10.7. The second-order valence-corrected chi connectivity index (χ2v) is 16.6. The summed E-state index contributed by atoms with van der Waals surface area (Å²) in [5, 5.41) is 9.43. The third-order valence-corrected chi connectivity index (χ3v) is 14.8. The second-order valence-electron chi connectivity index (χ2n) is 6.70. The van der Waals surface area contributed by atoms with Gasteiger partial charge in [-0.25, -0.2) is 33.7 Å². The zero-order chi connectivity index (χ0) is 21.7. The summed E-state index contributed by atoms with van der Waals surface area (Å²) in [5.41, 5.74) is -0.371. The van der Waals surface area contributed by atoms with Crippen molar-refractivity contribution in [2.45, 2.75) is 21.5 Å². The number of aromatic hydroxyl groups is 1. The van der Waals surface area contributed by atoms with Crippen LogP contribution in [0, 0.1) is 0 Å². The van der Waals surface area contributed by atoms with Crippen LogP contribution in [0.2, 0.25) is 0 Å². The molecule has 1 N–H and O–H groups in total. The molecule has 13 heteroatoms. The third-order valence-electron chi connectivity index (χ3n) is 4.63. The summed E-state index contributed by atoms with van der Waals surface area (Å²) in [6.07, 6.45) is 1.11. The van der Waals surface area contributed by atoms with Gasteiger partial charge in [-0.15, -0.1) is 0 Å². The van der Waals surface area contributed by atoms with E-state index >= 15 is 0 Å². The molecule has 156 valence electrons. The molecule has 0 radical (unpaired) electrons. The highest BCUT2D eigenvalue weighted by Crippen LogP contribution is 2.46. The Labute approximate surface area is 160 Å². The maximum atomic E-state index is 12.7. The molecule has 0 heterocycles. The lowest BCUT2D eigenvalue weighted by molar-refractivity contribution is 0.473. The van der Waals surface area contributed by atoms with Crippen molar-refractivity contribution in [3.05, 3.63) is 29.8 Å². The lowest BCUT2D eigenvalue weighted by atomic mass is 10.1. The molecule has 0 amide bonds. The molecule has 0 aliphatic rings. The summed E-state index contributed by atoms with van der Waals surface area (Å²) in [6, 6.07) is 4.06. The molecule has 1 rings (SSSR count). The Morgan fingerprint density at radius 2 is 1.04 bits per heavy atom. The van der Waals surface area contributed by atoms with Crippen molar-refractivity contribution in [2.24, 2.45) is 0 Å². The van der Waals surface area contributed by atoms with Crippen LogP contribution in [0.15, 0.2) is 24.3 Å². The highest BCUT2D eigenvalue weighted by molar-refractivity contribution is 8.11. The minimum atomic E-state index is -4.60. The molecular weight excluding hydrogens is 440 g/mol. The molecule has 0 atom stereocenters. The molecule has 0 bridgehead atoms. The Hall–Kier alpha value is -1.18. The average Bonchev–Trinajstić information content (AvgIpc) is 2.40. The van der Waals surface area contributed by atoms with E-state index in [-0.39, 0.29) is 11.3 Å². The van der Waals surface area contributed by atoms with E-state index in [2.05, 4.69) is 0 Å². The van der Waals surface area contributed by atoms with E-state index in [0.717, 1.165) is 31.2 Å². The molecule has 1 aromatic carbocycles. The van der Waals surface area contributed by atoms with E-state index in [1.807, 2.05) is 0 Å². The van der Waals surface area contributed by atoms with Gasteiger partial charge in [-0.1, -0.05) is 12.1 Å². The van der Waals surface area contributed by atoms with E-state index in [1.165, 1.54) is 0 Å². The van der Waals surface area contributed by atoms with Crippen molar-refractivity contribution in [1.82, 2.24) is 0 Å². The molecule has 0 fully saturated rings. The Kier molecular flexibility index (Phi) is 5.93. The molecule has 9 nitrogen and oxygen atoms in total. The third kappa shape index (κ3) is 4.00. The van der Waals surface area contributed by atoms with Gasteiger partial charge >= 0.3 is 0 Å². The van der Waals surface area contributed by atoms with Gasteiger partial charge in [-0.2, -0.15) is 0 Å². The quantitative estimate of drug-likeness (QED) is 0.581. The van der Waals surface area contributed by atoms with Crippen molar-refractivity contribution >= 4 is 39.3 Å². The SMILES string of the molecule is CC(CC(c1ccc(O)cc1)(S(C)(=O)=O)S(C)(=O)=O)(S(C)(=O)=O)S(C)(=O)=O. The van der Waals surface area contributed by atoms with Gasteiger partial charge < -0.3 is 5.11 Å². The Morgan fingerprint density at radius 1 is 0.704 bits per heavy atom. The topological polar surface area (TPSA) is 157 Å². The van der Waals surface area contributed by atoms with Crippen LogP contribution in [0.1, 0.15) is 18.9 Å². The molecule has 0 unspecified atom stereocenters. The van der Waals surface area contributed by atoms with E-state index in [4.69, 9.17) is 0 Å². The number of rotatable bonds is 7. The highest BCUT2D eigenvalue weighted by Gasteiger charge is 2.61. The van der Waals surface area contributed by atoms with Crippen LogP contribution in [-0.4, -0.2) is 67.9 Å². The van der Waals surface area contributed by atoms with Gasteiger partial charge in [-0.05, 0) is 24.6 Å². The molecule has 0 aliphatic heterocycles. The maximum absolute atomic E-state index is 12.7. The minimum absolute atomic E-state index is 0.288. The number of sulfone groups is 4. The Morgan fingerprint density at radius 3 is 1.30 bits per heavy atom. The largest absolute Gasteiger partial charge is 0.508 e. The first-order valence-corrected chi connectivity index (χ1v) is 14.9. The number of phenolic OH excluding ortho intramolecular Hbond substituents is 1. The summed E-state index contributed by atoms with van der Waals surface area (Å²) in [6.45, 7) is 0.781. The van der Waals surface area contributed by atoms with Gasteiger partial charge in [0.15, 0.2) is 47.5 Å². The first-order chi connectivity index (χ1) is 11.7. The van der Waals surface area contributed by atoms with Crippen molar-refractivity contribution in [3.8, 4) is 5.75 Å². The first-order valence-electron chi connectivity index (χ1n) is 7.28. The number of hydrogen-bond acceptors (Lipinski definition) is 9. The monoisotopic (exact) mass is 462 g/mol. The molecular formula is C14H22O9S4. The average molecular weight is 463 g/mol. The molecule has 27 heavy (non-hydrogen) atoms. The molecule has 0 saturated heterocycles. The fraction of sp³-hybridized carbons (Fsp3) is 0.571. The van der Waals surface area contributed by atoms with E-state index in [9.17, 15) is 38.8 Å². The maximum Gasteiger partial charge on any atom is 0.199 e. The van der Waals surface area contributed by atoms with Gasteiger partial charge in [0.1, 0.15) is 5.75 Å². The normalized spacial score (nSPS) is 14.9. The predicted molar refractivity (Wildman–Crippen MR) is 102 cm³/mol. The Balaban J connectivity index is 4.16. The standard InChI is InChI=1S/C14H22O9S4/c1-13(24(2,16)17,25(3,18)19)10-14(26(4,20)21,27(5,22)23)11-6-8-12(15)9-7-11/h6-9,15H,10H2,1-5H3. The minimum Gasteiger partial charge on any atom is -0.508 e. The molecule has 0 spiro atoms. The summed E-state index contributed by atoms with van der Waals surface area (Å²) in [4.78, 5) is 0. The smallest absolute Gasteiger partial charge is 0.199 e. The molecule has 0 aromatic heterocycles. The molecule has 0 aliphatic carbocycles. The van der Waals surface area contributed by atoms with Gasteiger partial charge in [0.05, 0.1) is 0 Å². The van der Waals surface area contributed by atoms with Gasteiger partial charge in [-0.3, -0.25) is 0 Å². The van der Waals surface area contributed by atoms with Crippen LogP contribution in [0.5, 0.6) is 5.75 Å². The summed E-state index contributed by atoms with van der Waals surface area (Å²) in [5.74, 6) is -0.288.